The maximum Gasteiger partial charge on any atom is 0.134 e. The van der Waals surface area contributed by atoms with Crippen LogP contribution in [0.5, 0.6) is 0 Å². The molecule has 0 aliphatic heterocycles. The number of fused-ring (bicyclic) bond motifs is 1. The molecule has 0 radical (unpaired) electrons. The van der Waals surface area contributed by atoms with E-state index in [4.69, 9.17) is 21.8 Å². The van der Waals surface area contributed by atoms with Crippen molar-refractivity contribution in [1.29, 1.82) is 0 Å². The molecule has 1 unspecified atom stereocenters. The van der Waals surface area contributed by atoms with Gasteiger partial charge in [-0.25, -0.2) is 4.39 Å². The van der Waals surface area contributed by atoms with Crippen LogP contribution in [0.3, 0.4) is 0 Å². The van der Waals surface area contributed by atoms with Crippen LogP contribution in [0.4, 0.5) is 4.39 Å². The third-order valence-corrected chi connectivity index (χ3v) is 3.69. The van der Waals surface area contributed by atoms with Gasteiger partial charge in [-0.1, -0.05) is 29.8 Å². The van der Waals surface area contributed by atoms with Crippen molar-refractivity contribution < 1.29 is 8.81 Å². The highest BCUT2D eigenvalue weighted by Gasteiger charge is 2.21. The van der Waals surface area contributed by atoms with Crippen LogP contribution in [-0.2, 0) is 0 Å². The quantitative estimate of drug-likeness (QED) is 0.750. The largest absolute Gasteiger partial charge is 0.459 e. The van der Waals surface area contributed by atoms with Crippen LogP contribution in [0.25, 0.3) is 11.0 Å². The van der Waals surface area contributed by atoms with E-state index in [1.807, 2.05) is 13.0 Å². The fraction of sp³-hybridized carbons (Fsp3) is 0.125. The summed E-state index contributed by atoms with van der Waals surface area (Å²) in [5.74, 6) is 0.227. The van der Waals surface area contributed by atoms with Crippen molar-refractivity contribution in [2.45, 2.75) is 13.0 Å². The molecule has 0 fully saturated rings. The number of benzene rings is 2. The Morgan fingerprint density at radius 3 is 2.70 bits per heavy atom. The van der Waals surface area contributed by atoms with Crippen molar-refractivity contribution in [2.75, 3.05) is 0 Å². The average Bonchev–Trinajstić information content (AvgIpc) is 2.76. The highest BCUT2D eigenvalue weighted by Crippen LogP contribution is 2.33. The molecule has 0 spiro atoms. The van der Waals surface area contributed by atoms with E-state index >= 15 is 0 Å². The van der Waals surface area contributed by atoms with Gasteiger partial charge in [0.1, 0.15) is 17.2 Å². The summed E-state index contributed by atoms with van der Waals surface area (Å²) in [5.41, 5.74) is 8.16. The van der Waals surface area contributed by atoms with Crippen LogP contribution < -0.4 is 5.73 Å². The van der Waals surface area contributed by atoms with Gasteiger partial charge in [0.25, 0.3) is 0 Å². The van der Waals surface area contributed by atoms with Gasteiger partial charge in [-0.05, 0) is 31.2 Å². The van der Waals surface area contributed by atoms with Crippen LogP contribution in [-0.4, -0.2) is 0 Å². The van der Waals surface area contributed by atoms with Crippen molar-refractivity contribution in [3.8, 4) is 0 Å². The Bertz CT molecular complexity index is 781. The van der Waals surface area contributed by atoms with E-state index in [0.717, 1.165) is 10.9 Å². The smallest absolute Gasteiger partial charge is 0.134 e. The molecule has 0 aliphatic rings. The summed E-state index contributed by atoms with van der Waals surface area (Å²) < 4.78 is 19.6. The van der Waals surface area contributed by atoms with Crippen molar-refractivity contribution >= 4 is 22.6 Å². The lowest BCUT2D eigenvalue weighted by Crippen LogP contribution is -2.13. The van der Waals surface area contributed by atoms with Crippen molar-refractivity contribution in [3.63, 3.8) is 0 Å². The number of nitrogens with two attached hydrogens (primary N) is 1. The third kappa shape index (κ3) is 2.09. The normalized spacial score (nSPS) is 12.8. The predicted molar refractivity (Wildman–Crippen MR) is 78.4 cm³/mol. The molecule has 2 nitrogen and oxygen atoms in total. The summed E-state index contributed by atoms with van der Waals surface area (Å²) in [6.07, 6.45) is 0. The first-order valence-corrected chi connectivity index (χ1v) is 6.64. The average molecular weight is 290 g/mol. The summed E-state index contributed by atoms with van der Waals surface area (Å²) in [5, 5.41) is 1.53. The Hall–Kier alpha value is -1.84. The molecule has 0 saturated heterocycles. The Labute approximate surface area is 121 Å². The summed E-state index contributed by atoms with van der Waals surface area (Å²) in [4.78, 5) is 0. The van der Waals surface area contributed by atoms with Gasteiger partial charge in [0.2, 0.25) is 0 Å². The lowest BCUT2D eigenvalue weighted by molar-refractivity contribution is 0.507. The highest BCUT2D eigenvalue weighted by molar-refractivity contribution is 6.31. The minimum Gasteiger partial charge on any atom is -0.459 e. The second kappa shape index (κ2) is 4.93. The maximum atomic E-state index is 13.8. The molecular formula is C16H13ClFNO. The maximum absolute atomic E-state index is 13.8. The predicted octanol–water partition coefficient (Wildman–Crippen LogP) is 4.58. The zero-order valence-corrected chi connectivity index (χ0v) is 11.6. The van der Waals surface area contributed by atoms with Crippen LogP contribution in [0.15, 0.2) is 46.9 Å². The van der Waals surface area contributed by atoms with Crippen LogP contribution in [0, 0.1) is 12.7 Å². The summed E-state index contributed by atoms with van der Waals surface area (Å²) in [6, 6.07) is 11.2. The zero-order chi connectivity index (χ0) is 14.3. The Kier molecular flexibility index (Phi) is 3.24. The molecule has 0 amide bonds. The van der Waals surface area contributed by atoms with Gasteiger partial charge in [-0.2, -0.15) is 0 Å². The van der Waals surface area contributed by atoms with E-state index in [9.17, 15) is 4.39 Å². The molecule has 1 atom stereocenters. The number of rotatable bonds is 2. The molecule has 3 rings (SSSR count). The number of halogens is 2. The summed E-state index contributed by atoms with van der Waals surface area (Å²) in [7, 11) is 0. The van der Waals surface area contributed by atoms with Gasteiger partial charge >= 0.3 is 0 Å². The molecule has 0 aliphatic carbocycles. The van der Waals surface area contributed by atoms with Gasteiger partial charge in [0.15, 0.2) is 0 Å². The minimum absolute atomic E-state index is 0.335. The van der Waals surface area contributed by atoms with Crippen LogP contribution in [0.1, 0.15) is 22.9 Å². The first kappa shape index (κ1) is 13.2. The van der Waals surface area contributed by atoms with E-state index in [-0.39, 0.29) is 5.82 Å². The van der Waals surface area contributed by atoms with E-state index < -0.39 is 6.04 Å². The molecule has 2 N–H and O–H groups in total. The second-order valence-corrected chi connectivity index (χ2v) is 5.17. The fourth-order valence-corrected chi connectivity index (χ4v) is 2.55. The van der Waals surface area contributed by atoms with Crippen LogP contribution in [0.2, 0.25) is 5.02 Å². The molecule has 3 aromatic rings. The van der Waals surface area contributed by atoms with Gasteiger partial charge in [-0.15, -0.1) is 0 Å². The van der Waals surface area contributed by atoms with Crippen molar-refractivity contribution in [3.05, 3.63) is 70.2 Å². The number of furan rings is 1. The van der Waals surface area contributed by atoms with E-state index in [1.54, 1.807) is 30.3 Å². The second-order valence-electron chi connectivity index (χ2n) is 4.73. The molecule has 4 heteroatoms. The molecular weight excluding hydrogens is 277 g/mol. The summed E-state index contributed by atoms with van der Waals surface area (Å²) in [6.45, 7) is 1.90. The number of hydrogen-bond acceptors (Lipinski definition) is 2. The van der Waals surface area contributed by atoms with Gasteiger partial charge < -0.3 is 10.2 Å². The standard InChI is InChI=1S/C16H13ClFNO/c1-9-12-8-10(17)6-7-14(12)20-16(9)15(19)11-4-2-3-5-13(11)18/h2-8,15H,19H2,1H3. The Morgan fingerprint density at radius 2 is 1.95 bits per heavy atom. The van der Waals surface area contributed by atoms with E-state index in [1.165, 1.54) is 6.07 Å². The first-order valence-electron chi connectivity index (χ1n) is 6.26. The Balaban J connectivity index is 2.15. The number of aryl methyl sites for hydroxylation is 1. The van der Waals surface area contributed by atoms with Crippen molar-refractivity contribution in [2.24, 2.45) is 5.73 Å². The summed E-state index contributed by atoms with van der Waals surface area (Å²) >= 11 is 5.99. The first-order chi connectivity index (χ1) is 9.58. The highest BCUT2D eigenvalue weighted by atomic mass is 35.5. The van der Waals surface area contributed by atoms with Crippen molar-refractivity contribution in [1.82, 2.24) is 0 Å². The van der Waals surface area contributed by atoms with Gasteiger partial charge in [0, 0.05) is 21.5 Å². The molecule has 0 saturated carbocycles. The van der Waals surface area contributed by atoms with E-state index in [0.29, 0.717) is 21.9 Å². The molecule has 2 aromatic carbocycles. The Morgan fingerprint density at radius 1 is 1.20 bits per heavy atom. The molecule has 20 heavy (non-hydrogen) atoms. The minimum atomic E-state index is -0.637. The van der Waals surface area contributed by atoms with Gasteiger partial charge in [-0.3, -0.25) is 0 Å². The molecule has 102 valence electrons. The van der Waals surface area contributed by atoms with Crippen LogP contribution >= 0.6 is 11.6 Å². The molecule has 1 aromatic heterocycles. The lowest BCUT2D eigenvalue weighted by Gasteiger charge is -2.11. The molecule has 0 bridgehead atoms. The number of hydrogen-bond donors (Lipinski definition) is 1. The monoisotopic (exact) mass is 289 g/mol. The zero-order valence-electron chi connectivity index (χ0n) is 10.9. The third-order valence-electron chi connectivity index (χ3n) is 3.46. The van der Waals surface area contributed by atoms with E-state index in [2.05, 4.69) is 0 Å². The lowest BCUT2D eigenvalue weighted by atomic mass is 10.0. The fourth-order valence-electron chi connectivity index (χ4n) is 2.38. The van der Waals surface area contributed by atoms with Gasteiger partial charge in [0.05, 0.1) is 6.04 Å². The molecule has 1 heterocycles. The SMILES string of the molecule is Cc1c(C(N)c2ccccc2F)oc2ccc(Cl)cc12. The topological polar surface area (TPSA) is 39.2 Å².